The maximum Gasteiger partial charge on any atom is 0.0997 e. The zero-order valence-corrected chi connectivity index (χ0v) is 8.51. The molecule has 0 aromatic carbocycles. The van der Waals surface area contributed by atoms with Crippen LogP contribution in [-0.2, 0) is 6.42 Å². The van der Waals surface area contributed by atoms with Gasteiger partial charge in [-0.25, -0.2) is 0 Å². The molecule has 1 atom stereocenters. The van der Waals surface area contributed by atoms with Crippen LogP contribution in [0.25, 0.3) is 0 Å². The van der Waals surface area contributed by atoms with E-state index < -0.39 is 0 Å². The average Bonchev–Trinajstić information content (AvgIpc) is 2.81. The van der Waals surface area contributed by atoms with Crippen molar-refractivity contribution in [3.8, 4) is 0 Å². The van der Waals surface area contributed by atoms with Gasteiger partial charge in [0.05, 0.1) is 17.9 Å². The molecule has 0 spiro atoms. The van der Waals surface area contributed by atoms with Gasteiger partial charge in [-0.3, -0.25) is 4.98 Å². The number of rotatable bonds is 4. The zero-order chi connectivity index (χ0) is 10.5. The highest BCUT2D eigenvalue weighted by atomic mass is 15.3. The number of hydrogen-bond donors (Lipinski definition) is 2. The number of aromatic nitrogens is 4. The van der Waals surface area contributed by atoms with Gasteiger partial charge in [0.2, 0.25) is 0 Å². The fraction of sp³-hybridized carbons (Fsp3) is 0.300. The van der Waals surface area contributed by atoms with Crippen LogP contribution in [0.2, 0.25) is 0 Å². The smallest absolute Gasteiger partial charge is 0.0997 e. The predicted molar refractivity (Wildman–Crippen MR) is 56.1 cm³/mol. The first-order chi connectivity index (χ1) is 7.40. The third-order valence-corrected chi connectivity index (χ3v) is 2.30. The summed E-state index contributed by atoms with van der Waals surface area (Å²) < 4.78 is 0. The highest BCUT2D eigenvalue weighted by Crippen LogP contribution is 2.13. The molecule has 0 aliphatic heterocycles. The molecule has 15 heavy (non-hydrogen) atoms. The second-order valence-electron chi connectivity index (χ2n) is 3.30. The molecular formula is C10H13N5. The molecule has 2 aromatic heterocycles. The number of H-pyrrole nitrogens is 1. The van der Waals surface area contributed by atoms with E-state index >= 15 is 0 Å². The minimum absolute atomic E-state index is 0.174. The van der Waals surface area contributed by atoms with Crippen molar-refractivity contribution in [2.75, 3.05) is 7.05 Å². The minimum Gasteiger partial charge on any atom is -0.311 e. The van der Waals surface area contributed by atoms with Crippen molar-refractivity contribution in [2.24, 2.45) is 0 Å². The summed E-state index contributed by atoms with van der Waals surface area (Å²) in [7, 11) is 1.91. The van der Waals surface area contributed by atoms with Gasteiger partial charge in [-0.2, -0.15) is 15.4 Å². The topological polar surface area (TPSA) is 66.5 Å². The SMILES string of the molecule is CNC(Cc1cccnc1)c1cn[nH]n1. The van der Waals surface area contributed by atoms with Crippen molar-refractivity contribution in [1.82, 2.24) is 25.7 Å². The van der Waals surface area contributed by atoms with Gasteiger partial charge in [0.1, 0.15) is 0 Å². The molecular weight excluding hydrogens is 190 g/mol. The quantitative estimate of drug-likeness (QED) is 0.767. The normalized spacial score (nSPS) is 12.6. The molecule has 1 unspecified atom stereocenters. The van der Waals surface area contributed by atoms with Gasteiger partial charge in [-0.1, -0.05) is 6.07 Å². The molecule has 2 rings (SSSR count). The van der Waals surface area contributed by atoms with E-state index in [2.05, 4.69) is 31.8 Å². The Labute approximate surface area is 87.9 Å². The first-order valence-corrected chi connectivity index (χ1v) is 4.82. The van der Waals surface area contributed by atoms with Gasteiger partial charge in [-0.05, 0) is 25.1 Å². The Bertz CT molecular complexity index is 383. The van der Waals surface area contributed by atoms with E-state index in [0.717, 1.165) is 12.1 Å². The molecule has 2 N–H and O–H groups in total. The van der Waals surface area contributed by atoms with Crippen molar-refractivity contribution < 1.29 is 0 Å². The van der Waals surface area contributed by atoms with Crippen LogP contribution in [0.1, 0.15) is 17.3 Å². The largest absolute Gasteiger partial charge is 0.311 e. The predicted octanol–water partition coefficient (Wildman–Crippen LogP) is 0.703. The fourth-order valence-electron chi connectivity index (χ4n) is 1.49. The summed E-state index contributed by atoms with van der Waals surface area (Å²) in [5, 5.41) is 13.7. The van der Waals surface area contributed by atoms with E-state index in [4.69, 9.17) is 0 Å². The minimum atomic E-state index is 0.174. The first-order valence-electron chi connectivity index (χ1n) is 4.82. The number of aromatic amines is 1. The lowest BCUT2D eigenvalue weighted by atomic mass is 10.1. The molecule has 2 aromatic rings. The van der Waals surface area contributed by atoms with Crippen molar-refractivity contribution in [3.63, 3.8) is 0 Å². The second-order valence-corrected chi connectivity index (χ2v) is 3.30. The first kappa shape index (κ1) is 9.79. The highest BCUT2D eigenvalue weighted by molar-refractivity contribution is 5.13. The number of likely N-dealkylation sites (N-methyl/N-ethyl adjacent to an activating group) is 1. The van der Waals surface area contributed by atoms with Gasteiger partial charge in [0, 0.05) is 12.4 Å². The van der Waals surface area contributed by atoms with E-state index in [0.29, 0.717) is 0 Å². The van der Waals surface area contributed by atoms with Crippen molar-refractivity contribution in [2.45, 2.75) is 12.5 Å². The van der Waals surface area contributed by atoms with Crippen LogP contribution in [0.4, 0.5) is 0 Å². The summed E-state index contributed by atoms with van der Waals surface area (Å²) >= 11 is 0. The van der Waals surface area contributed by atoms with Crippen LogP contribution in [0.5, 0.6) is 0 Å². The summed E-state index contributed by atoms with van der Waals surface area (Å²) in [4.78, 5) is 4.08. The molecule has 0 bridgehead atoms. The summed E-state index contributed by atoms with van der Waals surface area (Å²) in [6, 6.07) is 4.16. The molecule has 0 saturated carbocycles. The zero-order valence-electron chi connectivity index (χ0n) is 8.51. The fourth-order valence-corrected chi connectivity index (χ4v) is 1.49. The van der Waals surface area contributed by atoms with E-state index in [1.54, 1.807) is 12.4 Å². The monoisotopic (exact) mass is 203 g/mol. The molecule has 2 heterocycles. The lowest BCUT2D eigenvalue weighted by Gasteiger charge is -2.12. The molecule has 0 amide bonds. The van der Waals surface area contributed by atoms with Crippen LogP contribution >= 0.6 is 0 Å². The molecule has 78 valence electrons. The van der Waals surface area contributed by atoms with E-state index in [-0.39, 0.29) is 6.04 Å². The maximum atomic E-state index is 4.08. The van der Waals surface area contributed by atoms with Crippen molar-refractivity contribution >= 4 is 0 Å². The number of pyridine rings is 1. The number of nitrogens with zero attached hydrogens (tertiary/aromatic N) is 3. The Kier molecular flexibility index (Phi) is 3.04. The molecule has 0 saturated heterocycles. The summed E-state index contributed by atoms with van der Waals surface area (Å²) in [6.45, 7) is 0. The summed E-state index contributed by atoms with van der Waals surface area (Å²) in [5.74, 6) is 0. The molecule has 5 nitrogen and oxygen atoms in total. The van der Waals surface area contributed by atoms with Gasteiger partial charge >= 0.3 is 0 Å². The Hall–Kier alpha value is -1.75. The van der Waals surface area contributed by atoms with Gasteiger partial charge < -0.3 is 5.32 Å². The Morgan fingerprint density at radius 3 is 3.00 bits per heavy atom. The molecule has 0 aliphatic carbocycles. The van der Waals surface area contributed by atoms with Crippen LogP contribution in [0.15, 0.2) is 30.7 Å². The molecule has 5 heteroatoms. The summed E-state index contributed by atoms with van der Waals surface area (Å²) in [5.41, 5.74) is 2.10. The van der Waals surface area contributed by atoms with E-state index in [9.17, 15) is 0 Å². The van der Waals surface area contributed by atoms with Gasteiger partial charge in [-0.15, -0.1) is 0 Å². The van der Waals surface area contributed by atoms with Crippen molar-refractivity contribution in [1.29, 1.82) is 0 Å². The summed E-state index contributed by atoms with van der Waals surface area (Å²) in [6.07, 6.45) is 6.23. The van der Waals surface area contributed by atoms with Crippen LogP contribution in [0, 0.1) is 0 Å². The number of hydrogen-bond acceptors (Lipinski definition) is 4. The highest BCUT2D eigenvalue weighted by Gasteiger charge is 2.12. The lowest BCUT2D eigenvalue weighted by molar-refractivity contribution is 0.573. The van der Waals surface area contributed by atoms with Crippen LogP contribution < -0.4 is 5.32 Å². The average molecular weight is 203 g/mol. The van der Waals surface area contributed by atoms with Gasteiger partial charge in [0.25, 0.3) is 0 Å². The third kappa shape index (κ3) is 2.38. The Morgan fingerprint density at radius 2 is 2.40 bits per heavy atom. The molecule has 0 aliphatic rings. The molecule has 0 radical (unpaired) electrons. The third-order valence-electron chi connectivity index (χ3n) is 2.30. The van der Waals surface area contributed by atoms with Crippen LogP contribution in [-0.4, -0.2) is 27.4 Å². The second kappa shape index (κ2) is 4.65. The van der Waals surface area contributed by atoms with Gasteiger partial charge in [0.15, 0.2) is 0 Å². The number of nitrogens with one attached hydrogen (secondary N) is 2. The maximum absolute atomic E-state index is 4.08. The van der Waals surface area contributed by atoms with E-state index in [1.807, 2.05) is 19.3 Å². The van der Waals surface area contributed by atoms with Crippen molar-refractivity contribution in [3.05, 3.63) is 42.0 Å². The Morgan fingerprint density at radius 1 is 1.47 bits per heavy atom. The van der Waals surface area contributed by atoms with E-state index in [1.165, 1.54) is 5.56 Å². The standard InChI is InChI=1S/C10H13N5/c1-11-9(10-7-13-15-14-10)5-8-3-2-4-12-6-8/h2-4,6-7,9,11H,5H2,1H3,(H,13,14,15). The Balaban J connectivity index is 2.10. The molecule has 0 fully saturated rings. The lowest BCUT2D eigenvalue weighted by Crippen LogP contribution is -2.19. The van der Waals surface area contributed by atoms with Crippen LogP contribution in [0.3, 0.4) is 0 Å².